The van der Waals surface area contributed by atoms with Crippen LogP contribution in [-0.2, 0) is 4.79 Å². The van der Waals surface area contributed by atoms with Crippen LogP contribution in [0.5, 0.6) is 0 Å². The quantitative estimate of drug-likeness (QED) is 0.656. The predicted molar refractivity (Wildman–Crippen MR) is 72.8 cm³/mol. The maximum atomic E-state index is 10.4. The highest BCUT2D eigenvalue weighted by molar-refractivity contribution is 5.68. The lowest BCUT2D eigenvalue weighted by molar-refractivity contribution is -0.136. The van der Waals surface area contributed by atoms with Crippen LogP contribution in [0.2, 0.25) is 0 Å². The van der Waals surface area contributed by atoms with E-state index in [1.165, 1.54) is 25.8 Å². The number of nitrogens with one attached hydrogen (secondary N) is 1. The van der Waals surface area contributed by atoms with E-state index in [-0.39, 0.29) is 6.54 Å². The van der Waals surface area contributed by atoms with E-state index in [2.05, 4.69) is 29.2 Å². The molecule has 1 unspecified atom stereocenters. The molecule has 1 atom stereocenters. The Balaban J connectivity index is 2.13. The molecule has 0 aromatic heterocycles. The summed E-state index contributed by atoms with van der Waals surface area (Å²) >= 11 is 0. The molecule has 1 aliphatic heterocycles. The average molecular weight is 257 g/mol. The predicted octanol–water partition coefficient (Wildman–Crippen LogP) is 0.324. The summed E-state index contributed by atoms with van der Waals surface area (Å²) in [6.07, 6.45) is 3.67. The number of carbonyl (C=O) groups is 1. The first kappa shape index (κ1) is 15.4. The Morgan fingerprint density at radius 3 is 2.94 bits per heavy atom. The van der Waals surface area contributed by atoms with Gasteiger partial charge in [0, 0.05) is 6.54 Å². The van der Waals surface area contributed by atoms with E-state index in [4.69, 9.17) is 5.11 Å². The molecule has 0 bridgehead atoms. The fourth-order valence-electron chi connectivity index (χ4n) is 2.51. The molecule has 5 heteroatoms. The van der Waals surface area contributed by atoms with Gasteiger partial charge in [0.25, 0.3) is 0 Å². The van der Waals surface area contributed by atoms with Crippen molar-refractivity contribution in [3.8, 4) is 0 Å². The van der Waals surface area contributed by atoms with Gasteiger partial charge in [-0.2, -0.15) is 0 Å². The second kappa shape index (κ2) is 8.45. The third-order valence-electron chi connectivity index (χ3n) is 3.39. The monoisotopic (exact) mass is 257 g/mol. The fraction of sp³-hybridized carbons (Fsp3) is 0.923. The van der Waals surface area contributed by atoms with Gasteiger partial charge < -0.3 is 20.2 Å². The van der Waals surface area contributed by atoms with Crippen molar-refractivity contribution in [1.82, 2.24) is 15.1 Å². The van der Waals surface area contributed by atoms with Gasteiger partial charge in [0.1, 0.15) is 0 Å². The summed E-state index contributed by atoms with van der Waals surface area (Å²) in [6.45, 7) is 5.52. The molecule has 1 aliphatic rings. The molecule has 0 saturated carbocycles. The third-order valence-corrected chi connectivity index (χ3v) is 3.39. The van der Waals surface area contributed by atoms with Crippen LogP contribution in [0.25, 0.3) is 0 Å². The van der Waals surface area contributed by atoms with Gasteiger partial charge in [0.2, 0.25) is 0 Å². The van der Waals surface area contributed by atoms with Crippen LogP contribution in [0.15, 0.2) is 0 Å². The Kier molecular flexibility index (Phi) is 7.23. The molecule has 1 fully saturated rings. The van der Waals surface area contributed by atoms with Crippen LogP contribution in [0, 0.1) is 5.92 Å². The standard InChI is InChI=1S/C13H27N3O2/c1-15(2)6-4-8-16-7-3-5-12(11-16)9-14-10-13(17)18/h12,14H,3-11H2,1-2H3,(H,17,18). The molecular formula is C13H27N3O2. The molecule has 5 nitrogen and oxygen atoms in total. The molecule has 2 N–H and O–H groups in total. The van der Waals surface area contributed by atoms with Crippen LogP contribution >= 0.6 is 0 Å². The second-order valence-electron chi connectivity index (χ2n) is 5.49. The van der Waals surface area contributed by atoms with Crippen LogP contribution in [0.1, 0.15) is 19.3 Å². The zero-order valence-corrected chi connectivity index (χ0v) is 11.7. The summed E-state index contributed by atoms with van der Waals surface area (Å²) in [5.41, 5.74) is 0. The Hall–Kier alpha value is -0.650. The number of likely N-dealkylation sites (tertiary alicyclic amines) is 1. The van der Waals surface area contributed by atoms with Crippen molar-refractivity contribution in [2.45, 2.75) is 19.3 Å². The first-order valence-electron chi connectivity index (χ1n) is 6.87. The Morgan fingerprint density at radius 2 is 2.28 bits per heavy atom. The highest BCUT2D eigenvalue weighted by atomic mass is 16.4. The van der Waals surface area contributed by atoms with E-state index in [9.17, 15) is 4.79 Å². The Labute approximate surface area is 110 Å². The van der Waals surface area contributed by atoms with Gasteiger partial charge >= 0.3 is 5.97 Å². The molecule has 18 heavy (non-hydrogen) atoms. The van der Waals surface area contributed by atoms with E-state index in [1.807, 2.05) is 0 Å². The molecule has 0 aliphatic carbocycles. The van der Waals surface area contributed by atoms with E-state index in [1.54, 1.807) is 0 Å². The molecule has 0 radical (unpaired) electrons. The first-order valence-corrected chi connectivity index (χ1v) is 6.87. The van der Waals surface area contributed by atoms with Crippen molar-refractivity contribution in [3.05, 3.63) is 0 Å². The van der Waals surface area contributed by atoms with Crippen LogP contribution in [0.4, 0.5) is 0 Å². The number of aliphatic carboxylic acids is 1. The molecule has 106 valence electrons. The first-order chi connectivity index (χ1) is 8.58. The van der Waals surface area contributed by atoms with Gasteiger partial charge in [0.05, 0.1) is 6.54 Å². The van der Waals surface area contributed by atoms with Crippen molar-refractivity contribution in [2.24, 2.45) is 5.92 Å². The molecule has 1 saturated heterocycles. The molecule has 1 rings (SSSR count). The Bertz CT molecular complexity index is 246. The number of carboxylic acid groups (broad SMARTS) is 1. The number of carboxylic acids is 1. The van der Waals surface area contributed by atoms with E-state index in [0.717, 1.165) is 26.2 Å². The lowest BCUT2D eigenvalue weighted by Crippen LogP contribution is -2.41. The summed E-state index contributed by atoms with van der Waals surface area (Å²) < 4.78 is 0. The number of piperidine rings is 1. The largest absolute Gasteiger partial charge is 0.480 e. The van der Waals surface area contributed by atoms with Crippen LogP contribution in [-0.4, -0.2) is 74.2 Å². The van der Waals surface area contributed by atoms with E-state index < -0.39 is 5.97 Å². The van der Waals surface area contributed by atoms with Gasteiger partial charge in [0.15, 0.2) is 0 Å². The maximum Gasteiger partial charge on any atom is 0.317 e. The van der Waals surface area contributed by atoms with Gasteiger partial charge in [-0.25, -0.2) is 0 Å². The number of nitrogens with zero attached hydrogens (tertiary/aromatic N) is 2. The molecule has 0 spiro atoms. The minimum Gasteiger partial charge on any atom is -0.480 e. The zero-order valence-electron chi connectivity index (χ0n) is 11.7. The summed E-state index contributed by atoms with van der Waals surface area (Å²) in [5, 5.41) is 11.6. The maximum absolute atomic E-state index is 10.4. The lowest BCUT2D eigenvalue weighted by atomic mass is 9.98. The van der Waals surface area contributed by atoms with Crippen LogP contribution < -0.4 is 5.32 Å². The normalized spacial score (nSPS) is 21.4. The summed E-state index contributed by atoms with van der Waals surface area (Å²) in [7, 11) is 4.21. The molecule has 0 aromatic rings. The number of hydrogen-bond acceptors (Lipinski definition) is 4. The summed E-state index contributed by atoms with van der Waals surface area (Å²) in [6, 6.07) is 0. The highest BCUT2D eigenvalue weighted by Gasteiger charge is 2.19. The van der Waals surface area contributed by atoms with Crippen molar-refractivity contribution in [1.29, 1.82) is 0 Å². The second-order valence-corrected chi connectivity index (χ2v) is 5.49. The minimum absolute atomic E-state index is 0.0805. The SMILES string of the molecule is CN(C)CCCN1CCCC(CNCC(=O)O)C1. The van der Waals surface area contributed by atoms with E-state index >= 15 is 0 Å². The van der Waals surface area contributed by atoms with Crippen molar-refractivity contribution in [3.63, 3.8) is 0 Å². The van der Waals surface area contributed by atoms with Crippen molar-refractivity contribution >= 4 is 5.97 Å². The van der Waals surface area contributed by atoms with Gasteiger partial charge in [-0.1, -0.05) is 0 Å². The highest BCUT2D eigenvalue weighted by Crippen LogP contribution is 2.15. The molecule has 0 aromatic carbocycles. The molecule has 1 heterocycles. The fourth-order valence-corrected chi connectivity index (χ4v) is 2.51. The average Bonchev–Trinajstić information content (AvgIpc) is 2.28. The van der Waals surface area contributed by atoms with E-state index in [0.29, 0.717) is 5.92 Å². The zero-order chi connectivity index (χ0) is 13.4. The van der Waals surface area contributed by atoms with Crippen molar-refractivity contribution < 1.29 is 9.90 Å². The van der Waals surface area contributed by atoms with Gasteiger partial charge in [-0.3, -0.25) is 4.79 Å². The van der Waals surface area contributed by atoms with Gasteiger partial charge in [-0.15, -0.1) is 0 Å². The molecule has 0 amide bonds. The lowest BCUT2D eigenvalue weighted by Gasteiger charge is -2.33. The summed E-state index contributed by atoms with van der Waals surface area (Å²) in [4.78, 5) is 15.2. The van der Waals surface area contributed by atoms with Crippen LogP contribution in [0.3, 0.4) is 0 Å². The Morgan fingerprint density at radius 1 is 1.50 bits per heavy atom. The third kappa shape index (κ3) is 6.93. The number of rotatable bonds is 8. The van der Waals surface area contributed by atoms with Crippen molar-refractivity contribution in [2.75, 3.05) is 53.4 Å². The topological polar surface area (TPSA) is 55.8 Å². The summed E-state index contributed by atoms with van der Waals surface area (Å²) in [5.74, 6) is -0.161. The minimum atomic E-state index is -0.770. The number of hydrogen-bond donors (Lipinski definition) is 2. The smallest absolute Gasteiger partial charge is 0.317 e. The molecular weight excluding hydrogens is 230 g/mol. The van der Waals surface area contributed by atoms with Gasteiger partial charge in [-0.05, 0) is 65.5 Å².